The molecule has 1 aromatic heterocycles. The molecule has 1 heterocycles. The summed E-state index contributed by atoms with van der Waals surface area (Å²) in [5.74, 6) is -0.266. The maximum absolute atomic E-state index is 11.3. The van der Waals surface area contributed by atoms with Crippen molar-refractivity contribution in [3.8, 4) is 0 Å². The van der Waals surface area contributed by atoms with Crippen molar-refractivity contribution < 1.29 is 38.1 Å². The molecule has 0 radical (unpaired) electrons. The van der Waals surface area contributed by atoms with E-state index < -0.39 is 0 Å². The Hall–Kier alpha value is -0.650. The fraction of sp³-hybridized carbons (Fsp3) is 0.400. The first kappa shape index (κ1) is 13.4. The van der Waals surface area contributed by atoms with Gasteiger partial charge in [0.25, 0.3) is 0 Å². The van der Waals surface area contributed by atoms with E-state index in [1.54, 1.807) is 19.2 Å². The summed E-state index contributed by atoms with van der Waals surface area (Å²) in [5, 5.41) is 0. The lowest BCUT2D eigenvalue weighted by molar-refractivity contribution is -0.677. The quantitative estimate of drug-likeness (QED) is 0.359. The molecule has 0 aliphatic heterocycles. The summed E-state index contributed by atoms with van der Waals surface area (Å²) in [7, 11) is 1.90. The van der Waals surface area contributed by atoms with Crippen LogP contribution in [0.2, 0.25) is 0 Å². The third kappa shape index (κ3) is 3.25. The summed E-state index contributed by atoms with van der Waals surface area (Å²) >= 11 is 0. The number of aromatic nitrogens is 1. The fourth-order valence-electron chi connectivity index (χ4n) is 1.02. The van der Waals surface area contributed by atoms with Crippen LogP contribution in [0, 0.1) is 6.92 Å². The minimum absolute atomic E-state index is 0. The van der Waals surface area contributed by atoms with Gasteiger partial charge < -0.3 is 28.7 Å². The SMILES string of the molecule is CCOC(=O)c1ccc(C)[n+](C)c1.[I-]. The zero-order valence-corrected chi connectivity index (χ0v) is 10.7. The van der Waals surface area contributed by atoms with Crippen molar-refractivity contribution in [1.82, 2.24) is 0 Å². The standard InChI is InChI=1S/C10H14NO2.HI/c1-4-13-10(12)9-6-5-8(2)11(3)7-9;/h5-7H,4H2,1-3H3;1H/q+1;/p-1. The second-order valence-corrected chi connectivity index (χ2v) is 2.89. The highest BCUT2D eigenvalue weighted by atomic mass is 127. The van der Waals surface area contributed by atoms with E-state index in [0.29, 0.717) is 12.2 Å². The van der Waals surface area contributed by atoms with Crippen LogP contribution in [0.15, 0.2) is 18.3 Å². The van der Waals surface area contributed by atoms with Gasteiger partial charge in [-0.2, -0.15) is 0 Å². The lowest BCUT2D eigenvalue weighted by atomic mass is 10.2. The Balaban J connectivity index is 0.00000169. The molecule has 0 aliphatic carbocycles. The molecule has 14 heavy (non-hydrogen) atoms. The highest BCUT2D eigenvalue weighted by molar-refractivity contribution is 5.88. The van der Waals surface area contributed by atoms with E-state index >= 15 is 0 Å². The van der Waals surface area contributed by atoms with Crippen molar-refractivity contribution in [2.75, 3.05) is 6.61 Å². The molecular formula is C10H14INO2. The Kier molecular flexibility index (Phi) is 5.68. The van der Waals surface area contributed by atoms with Crippen LogP contribution in [0.3, 0.4) is 0 Å². The van der Waals surface area contributed by atoms with Crippen molar-refractivity contribution in [2.45, 2.75) is 13.8 Å². The molecule has 0 N–H and O–H groups in total. The van der Waals surface area contributed by atoms with Crippen LogP contribution >= 0.6 is 0 Å². The van der Waals surface area contributed by atoms with Gasteiger partial charge in [-0.25, -0.2) is 9.36 Å². The lowest BCUT2D eigenvalue weighted by Gasteiger charge is -2.00. The van der Waals surface area contributed by atoms with E-state index in [4.69, 9.17) is 4.74 Å². The van der Waals surface area contributed by atoms with Gasteiger partial charge in [0.2, 0.25) is 0 Å². The molecule has 78 valence electrons. The van der Waals surface area contributed by atoms with E-state index in [-0.39, 0.29) is 29.9 Å². The van der Waals surface area contributed by atoms with E-state index in [1.807, 2.05) is 24.6 Å². The summed E-state index contributed by atoms with van der Waals surface area (Å²) in [6, 6.07) is 3.67. The first-order valence-electron chi connectivity index (χ1n) is 4.28. The van der Waals surface area contributed by atoms with Gasteiger partial charge in [-0.1, -0.05) is 0 Å². The number of carbonyl (C=O) groups excluding carboxylic acids is 1. The van der Waals surface area contributed by atoms with Crippen LogP contribution in [0.5, 0.6) is 0 Å². The number of esters is 1. The normalized spacial score (nSPS) is 9.07. The number of halogens is 1. The van der Waals surface area contributed by atoms with Gasteiger partial charge in [-0.15, -0.1) is 0 Å². The van der Waals surface area contributed by atoms with Crippen LogP contribution in [0.1, 0.15) is 23.0 Å². The third-order valence-corrected chi connectivity index (χ3v) is 1.90. The van der Waals surface area contributed by atoms with Gasteiger partial charge in [0, 0.05) is 13.0 Å². The van der Waals surface area contributed by atoms with E-state index in [1.165, 1.54) is 0 Å². The van der Waals surface area contributed by atoms with Crippen LogP contribution in [0.25, 0.3) is 0 Å². The summed E-state index contributed by atoms with van der Waals surface area (Å²) in [6.07, 6.45) is 1.77. The van der Waals surface area contributed by atoms with Crippen molar-refractivity contribution in [3.63, 3.8) is 0 Å². The Morgan fingerprint density at radius 1 is 1.50 bits per heavy atom. The first-order valence-corrected chi connectivity index (χ1v) is 4.28. The number of aryl methyl sites for hydroxylation is 2. The van der Waals surface area contributed by atoms with Gasteiger partial charge in [0.05, 0.1) is 6.61 Å². The van der Waals surface area contributed by atoms with E-state index in [0.717, 1.165) is 5.69 Å². The van der Waals surface area contributed by atoms with Crippen LogP contribution < -0.4 is 28.5 Å². The summed E-state index contributed by atoms with van der Waals surface area (Å²) in [6.45, 7) is 4.19. The summed E-state index contributed by atoms with van der Waals surface area (Å²) in [5.41, 5.74) is 1.70. The predicted molar refractivity (Wildman–Crippen MR) is 48.3 cm³/mol. The van der Waals surface area contributed by atoms with Gasteiger partial charge in [-0.05, 0) is 13.0 Å². The predicted octanol–water partition coefficient (Wildman–Crippen LogP) is -2.00. The van der Waals surface area contributed by atoms with Crippen molar-refractivity contribution >= 4 is 5.97 Å². The maximum Gasteiger partial charge on any atom is 0.344 e. The van der Waals surface area contributed by atoms with Crippen molar-refractivity contribution in [1.29, 1.82) is 0 Å². The van der Waals surface area contributed by atoms with Crippen LogP contribution in [-0.2, 0) is 11.8 Å². The molecule has 0 spiro atoms. The first-order chi connectivity index (χ1) is 6.15. The van der Waals surface area contributed by atoms with Crippen LogP contribution in [0.4, 0.5) is 0 Å². The second kappa shape index (κ2) is 5.95. The topological polar surface area (TPSA) is 30.2 Å². The largest absolute Gasteiger partial charge is 1.00 e. The molecule has 0 fully saturated rings. The number of carbonyl (C=O) groups is 1. The zero-order chi connectivity index (χ0) is 9.84. The molecule has 0 bridgehead atoms. The van der Waals surface area contributed by atoms with Crippen LogP contribution in [-0.4, -0.2) is 12.6 Å². The molecular weight excluding hydrogens is 293 g/mol. The Morgan fingerprint density at radius 3 is 2.64 bits per heavy atom. The highest BCUT2D eigenvalue weighted by Gasteiger charge is 2.11. The molecule has 1 rings (SSSR count). The molecule has 0 unspecified atom stereocenters. The molecule has 0 amide bonds. The minimum Gasteiger partial charge on any atom is -1.00 e. The number of rotatable bonds is 2. The summed E-state index contributed by atoms with van der Waals surface area (Å²) < 4.78 is 6.77. The maximum atomic E-state index is 11.3. The Bertz CT molecular complexity index is 326. The average molecular weight is 307 g/mol. The smallest absolute Gasteiger partial charge is 0.344 e. The third-order valence-electron chi connectivity index (χ3n) is 1.90. The Morgan fingerprint density at radius 2 is 2.14 bits per heavy atom. The molecule has 0 aliphatic rings. The average Bonchev–Trinajstić information content (AvgIpc) is 2.10. The fourth-order valence-corrected chi connectivity index (χ4v) is 1.02. The molecule has 4 heteroatoms. The zero-order valence-electron chi connectivity index (χ0n) is 8.58. The number of pyridine rings is 1. The molecule has 3 nitrogen and oxygen atoms in total. The minimum atomic E-state index is -0.266. The lowest BCUT2D eigenvalue weighted by Crippen LogP contribution is -3.00. The molecule has 0 aromatic carbocycles. The Labute approximate surface area is 101 Å². The van der Waals surface area contributed by atoms with Gasteiger partial charge in [-0.3, -0.25) is 0 Å². The molecule has 0 saturated carbocycles. The van der Waals surface area contributed by atoms with E-state index in [2.05, 4.69) is 0 Å². The second-order valence-electron chi connectivity index (χ2n) is 2.89. The number of hydrogen-bond acceptors (Lipinski definition) is 2. The van der Waals surface area contributed by atoms with Gasteiger partial charge >= 0.3 is 5.97 Å². The van der Waals surface area contributed by atoms with E-state index in [9.17, 15) is 4.79 Å². The van der Waals surface area contributed by atoms with Crippen molar-refractivity contribution in [3.05, 3.63) is 29.6 Å². The van der Waals surface area contributed by atoms with Crippen molar-refractivity contribution in [2.24, 2.45) is 7.05 Å². The van der Waals surface area contributed by atoms with Gasteiger partial charge in [0.1, 0.15) is 12.6 Å². The summed E-state index contributed by atoms with van der Waals surface area (Å²) in [4.78, 5) is 11.3. The number of nitrogens with zero attached hydrogens (tertiary/aromatic N) is 1. The molecule has 0 atom stereocenters. The number of hydrogen-bond donors (Lipinski definition) is 0. The molecule has 0 saturated heterocycles. The molecule has 1 aromatic rings. The number of ether oxygens (including phenoxy) is 1. The van der Waals surface area contributed by atoms with Gasteiger partial charge in [0.15, 0.2) is 11.9 Å². The highest BCUT2D eigenvalue weighted by Crippen LogP contribution is 1.99. The monoisotopic (exact) mass is 307 g/mol.